The summed E-state index contributed by atoms with van der Waals surface area (Å²) in [6.07, 6.45) is 4.96. The smallest absolute Gasteiger partial charge is 0.419 e. The Bertz CT molecular complexity index is 1490. The van der Waals surface area contributed by atoms with Gasteiger partial charge in [-0.05, 0) is 81.6 Å². The average Bonchev–Trinajstić information content (AvgIpc) is 3.69. The highest BCUT2D eigenvalue weighted by Gasteiger charge is 2.43. The number of hydrogen-bond donors (Lipinski definition) is 2. The molecule has 12 nitrogen and oxygen atoms in total. The van der Waals surface area contributed by atoms with Gasteiger partial charge in [-0.1, -0.05) is 0 Å². The molecule has 3 saturated heterocycles. The Morgan fingerprint density at radius 2 is 2.15 bits per heavy atom. The van der Waals surface area contributed by atoms with Crippen molar-refractivity contribution in [3.63, 3.8) is 0 Å². The summed E-state index contributed by atoms with van der Waals surface area (Å²) in [6, 6.07) is 8.33. The number of nitrogens with one attached hydrogen (secondary N) is 2. The van der Waals surface area contributed by atoms with E-state index in [-0.39, 0.29) is 23.4 Å². The molecule has 1 aromatic heterocycles. The molecule has 41 heavy (non-hydrogen) atoms. The van der Waals surface area contributed by atoms with Gasteiger partial charge in [0.15, 0.2) is 6.07 Å². The summed E-state index contributed by atoms with van der Waals surface area (Å²) in [5.41, 5.74) is 0.666. The van der Waals surface area contributed by atoms with Crippen molar-refractivity contribution in [2.75, 3.05) is 25.1 Å². The zero-order valence-corrected chi connectivity index (χ0v) is 23.9. The van der Waals surface area contributed by atoms with Crippen molar-refractivity contribution in [1.82, 2.24) is 30.0 Å². The molecule has 13 heteroatoms. The second-order valence-corrected chi connectivity index (χ2v) is 11.9. The number of rotatable bonds is 4. The third-order valence-corrected chi connectivity index (χ3v) is 8.32. The van der Waals surface area contributed by atoms with Crippen LogP contribution in [0.5, 0.6) is 5.75 Å². The third-order valence-electron chi connectivity index (χ3n) is 8.32. The number of ether oxygens (including phenoxy) is 2. The fraction of sp³-hybridized carbons (Fsp3) is 0.607. The van der Waals surface area contributed by atoms with Crippen LogP contribution in [0.1, 0.15) is 52.9 Å². The number of anilines is 1. The Labute approximate surface area is 238 Å². The predicted octanol–water partition coefficient (Wildman–Crippen LogP) is 3.02. The molecule has 0 bridgehead atoms. The van der Waals surface area contributed by atoms with Crippen LogP contribution in [-0.2, 0) is 11.8 Å². The first kappa shape index (κ1) is 27.4. The molecule has 0 spiro atoms. The van der Waals surface area contributed by atoms with Gasteiger partial charge in [0.05, 0.1) is 19.1 Å². The van der Waals surface area contributed by atoms with E-state index in [1.807, 2.05) is 0 Å². The molecule has 4 aliphatic heterocycles. The molecule has 2 N–H and O–H groups in total. The molecule has 0 saturated carbocycles. The van der Waals surface area contributed by atoms with E-state index in [0.717, 1.165) is 30.5 Å². The number of aryl methyl sites for hydroxylation is 1. The van der Waals surface area contributed by atoms with Crippen molar-refractivity contribution < 1.29 is 13.9 Å². The lowest BCUT2D eigenvalue weighted by Crippen LogP contribution is -2.52. The number of fused-ring (bicyclic) bond motifs is 1. The number of piperidine rings is 1. The highest BCUT2D eigenvalue weighted by molar-refractivity contribution is 5.96. The molecular weight excluding hydrogens is 529 g/mol. The van der Waals surface area contributed by atoms with E-state index >= 15 is 4.39 Å². The topological polar surface area (TPSA) is 115 Å². The number of nitrogens with zero attached hydrogens (tertiary/aromatic N) is 7. The van der Waals surface area contributed by atoms with Crippen LogP contribution in [0.2, 0.25) is 0 Å². The number of tetrazole rings is 1. The average molecular weight is 567 g/mol. The summed E-state index contributed by atoms with van der Waals surface area (Å²) in [4.78, 5) is 24.2. The molecule has 5 heterocycles. The lowest BCUT2D eigenvalue weighted by atomic mass is 9.80. The molecule has 3 fully saturated rings. The quantitative estimate of drug-likeness (QED) is 0.581. The van der Waals surface area contributed by atoms with E-state index in [4.69, 9.17) is 9.47 Å². The largest absolute Gasteiger partial charge is 0.486 e. The molecule has 6 rings (SSSR count). The van der Waals surface area contributed by atoms with Gasteiger partial charge in [-0.25, -0.2) is 9.79 Å². The Morgan fingerprint density at radius 1 is 1.29 bits per heavy atom. The van der Waals surface area contributed by atoms with Gasteiger partial charge in [-0.15, -0.1) is 0 Å². The summed E-state index contributed by atoms with van der Waals surface area (Å²) >= 11 is 0. The van der Waals surface area contributed by atoms with Gasteiger partial charge in [0.1, 0.15) is 23.6 Å². The summed E-state index contributed by atoms with van der Waals surface area (Å²) in [7, 11) is 1.53. The van der Waals surface area contributed by atoms with Gasteiger partial charge >= 0.3 is 11.5 Å². The molecule has 2 aromatic rings. The summed E-state index contributed by atoms with van der Waals surface area (Å²) in [5.74, 6) is 0.633. The first-order valence-electron chi connectivity index (χ1n) is 14.3. The Morgan fingerprint density at radius 3 is 2.90 bits per heavy atom. The van der Waals surface area contributed by atoms with Crippen molar-refractivity contribution in [2.45, 2.75) is 76.6 Å². The number of aliphatic imine (C=N–C) groups is 1. The highest BCUT2D eigenvalue weighted by Crippen LogP contribution is 2.40. The fourth-order valence-corrected chi connectivity index (χ4v) is 6.31. The van der Waals surface area contributed by atoms with Crippen LogP contribution in [0.4, 0.5) is 10.1 Å². The molecule has 4 atom stereocenters. The minimum Gasteiger partial charge on any atom is -0.486 e. The van der Waals surface area contributed by atoms with Crippen molar-refractivity contribution in [3.05, 3.63) is 45.2 Å². The second kappa shape index (κ2) is 10.9. The van der Waals surface area contributed by atoms with Crippen molar-refractivity contribution in [1.29, 1.82) is 0 Å². The summed E-state index contributed by atoms with van der Waals surface area (Å²) in [6.45, 7) is 8.46. The van der Waals surface area contributed by atoms with Gasteiger partial charge in [-0.3, -0.25) is 4.90 Å². The number of hydrogen-bond acceptors (Lipinski definition) is 9. The maximum Gasteiger partial charge on any atom is 0.419 e. The van der Waals surface area contributed by atoms with Crippen LogP contribution in [-0.4, -0.2) is 74.1 Å². The normalized spacial score (nSPS) is 27.5. The van der Waals surface area contributed by atoms with E-state index in [9.17, 15) is 4.79 Å². The molecule has 218 valence electrons. The van der Waals surface area contributed by atoms with E-state index in [1.165, 1.54) is 24.6 Å². The van der Waals surface area contributed by atoms with Crippen molar-refractivity contribution >= 4 is 11.6 Å². The first-order chi connectivity index (χ1) is 19.7. The lowest BCUT2D eigenvalue weighted by molar-refractivity contribution is 0.0396. The lowest BCUT2D eigenvalue weighted by Gasteiger charge is -2.45. The molecule has 1 aromatic carbocycles. The van der Waals surface area contributed by atoms with Gasteiger partial charge in [0, 0.05) is 30.7 Å². The van der Waals surface area contributed by atoms with Crippen molar-refractivity contribution in [3.8, 4) is 17.5 Å². The minimum absolute atomic E-state index is 0.0739. The predicted molar refractivity (Wildman–Crippen MR) is 152 cm³/mol. The Kier molecular flexibility index (Phi) is 7.29. The Balaban J connectivity index is 1.21. The maximum atomic E-state index is 15.1. The summed E-state index contributed by atoms with van der Waals surface area (Å²) in [5, 5.41) is 14.0. The number of aromatic nitrogens is 4. The third kappa shape index (κ3) is 5.58. The van der Waals surface area contributed by atoms with E-state index in [1.54, 1.807) is 25.1 Å². The molecule has 0 aliphatic carbocycles. The standard InChI is InChI=1S/C28H37FN9O3/c1-17-24(29)25(30-15-18-12-20-6-5-10-37(20)28(2,3)14-18)33-26(31-17)32-19-7-8-23(41-21-9-11-40-16-21)22(13-19)38-27(39)36(4)34-35-38/h7-8,13,17-18,20-21H,5-6,9-12,14,16H2,1-4H3,(H2,31,32,33)/q+1. The van der Waals surface area contributed by atoms with Gasteiger partial charge in [0.25, 0.3) is 5.96 Å². The maximum absolute atomic E-state index is 15.1. The van der Waals surface area contributed by atoms with Gasteiger partial charge < -0.3 is 14.8 Å². The summed E-state index contributed by atoms with van der Waals surface area (Å²) < 4.78 is 29.0. The molecular formula is C28H37FN9O3+. The van der Waals surface area contributed by atoms with Crippen LogP contribution in [0.3, 0.4) is 0 Å². The Hall–Kier alpha value is -3.76. The number of guanidine groups is 1. The minimum atomic E-state index is -0.723. The molecule has 4 aliphatic rings. The zero-order valence-electron chi connectivity index (χ0n) is 23.9. The van der Waals surface area contributed by atoms with E-state index in [0.29, 0.717) is 42.3 Å². The zero-order chi connectivity index (χ0) is 28.7. The first-order valence-corrected chi connectivity index (χ1v) is 14.3. The van der Waals surface area contributed by atoms with Crippen LogP contribution in [0.25, 0.3) is 10.5 Å². The molecule has 4 unspecified atom stereocenters. The fourth-order valence-electron chi connectivity index (χ4n) is 6.31. The monoisotopic (exact) mass is 566 g/mol. The van der Waals surface area contributed by atoms with Crippen molar-refractivity contribution in [2.24, 2.45) is 18.0 Å². The highest BCUT2D eigenvalue weighted by atomic mass is 19.1. The number of benzene rings is 1. The van der Waals surface area contributed by atoms with Crippen LogP contribution < -0.4 is 21.1 Å². The van der Waals surface area contributed by atoms with Crippen LogP contribution >= 0.6 is 0 Å². The SMILES string of the molecule is CC1N=C(Nc2ccc(OC3CCOC3)c(-n3nnn(C)c3=O)c2)NC([N+]#CC2CC3CCCN3C(C)(C)C2)=C1F. The molecule has 0 amide bonds. The van der Waals surface area contributed by atoms with E-state index < -0.39 is 17.6 Å². The van der Waals surface area contributed by atoms with Crippen LogP contribution in [0, 0.1) is 12.0 Å². The van der Waals surface area contributed by atoms with E-state index in [2.05, 4.69) is 55.7 Å². The van der Waals surface area contributed by atoms with Gasteiger partial charge in [0.2, 0.25) is 5.83 Å². The second-order valence-electron chi connectivity index (χ2n) is 11.9. The molecule has 0 radical (unpaired) electrons. The van der Waals surface area contributed by atoms with Crippen LogP contribution in [0.15, 0.2) is 39.6 Å². The van der Waals surface area contributed by atoms with Gasteiger partial charge in [-0.2, -0.15) is 23.9 Å². The number of halogens is 1.